The van der Waals surface area contributed by atoms with Crippen molar-refractivity contribution in [2.24, 2.45) is 14.1 Å². The van der Waals surface area contributed by atoms with Crippen LogP contribution in [0.5, 0.6) is 0 Å². The van der Waals surface area contributed by atoms with E-state index in [9.17, 15) is 4.79 Å². The number of nitrogens with zero attached hydrogens (tertiary/aromatic N) is 6. The monoisotopic (exact) mass is 505 g/mol. The number of amides is 1. The summed E-state index contributed by atoms with van der Waals surface area (Å²) in [7, 11) is 3.83. The molecule has 5 aromatic rings. The van der Waals surface area contributed by atoms with Crippen LogP contribution < -0.4 is 10.2 Å². The van der Waals surface area contributed by atoms with Crippen LogP contribution in [0.25, 0.3) is 10.8 Å². The Kier molecular flexibility index (Phi) is 5.94. The van der Waals surface area contributed by atoms with Gasteiger partial charge in [-0.25, -0.2) is 4.98 Å². The molecule has 1 N–H and O–H groups in total. The maximum atomic E-state index is 13.8. The third kappa shape index (κ3) is 4.12. The van der Waals surface area contributed by atoms with E-state index in [1.54, 1.807) is 4.68 Å². The number of anilines is 1. The van der Waals surface area contributed by atoms with Crippen molar-refractivity contribution in [1.82, 2.24) is 29.9 Å². The zero-order valence-corrected chi connectivity index (χ0v) is 21.9. The van der Waals surface area contributed by atoms with E-state index in [4.69, 9.17) is 4.98 Å². The number of carbonyl (C=O) groups excluding carboxylic acids is 1. The molecule has 192 valence electrons. The number of pyridine rings is 1. The number of aromatic nitrogens is 5. The fraction of sp³-hybridized carbons (Fsp3) is 0.267. The van der Waals surface area contributed by atoms with Crippen LogP contribution in [-0.2, 0) is 19.6 Å². The highest BCUT2D eigenvalue weighted by molar-refractivity contribution is 5.96. The Morgan fingerprint density at radius 2 is 1.76 bits per heavy atom. The predicted molar refractivity (Wildman–Crippen MR) is 148 cm³/mol. The van der Waals surface area contributed by atoms with Crippen molar-refractivity contribution in [2.75, 3.05) is 18.0 Å². The van der Waals surface area contributed by atoms with Gasteiger partial charge >= 0.3 is 0 Å². The quantitative estimate of drug-likeness (QED) is 0.385. The first kappa shape index (κ1) is 23.9. The van der Waals surface area contributed by atoms with E-state index in [0.29, 0.717) is 12.1 Å². The SMILES string of the molecule is Cc1cccc2ccnc(N3CC[C@H](c4cnn(C)c4)[C@@](NC(=O)c4ccccc4)(c4cnn(C)c4)C3)c12. The molecular formula is C30H31N7O. The van der Waals surface area contributed by atoms with E-state index in [1.807, 2.05) is 73.9 Å². The molecule has 1 fully saturated rings. The van der Waals surface area contributed by atoms with Gasteiger partial charge in [0.2, 0.25) is 0 Å². The van der Waals surface area contributed by atoms with Gasteiger partial charge in [0.15, 0.2) is 0 Å². The Hall–Kier alpha value is -4.46. The lowest BCUT2D eigenvalue weighted by atomic mass is 9.71. The van der Waals surface area contributed by atoms with Gasteiger partial charge in [0.1, 0.15) is 5.82 Å². The van der Waals surface area contributed by atoms with Crippen LogP contribution in [0.2, 0.25) is 0 Å². The summed E-state index contributed by atoms with van der Waals surface area (Å²) in [6, 6.07) is 17.8. The van der Waals surface area contributed by atoms with E-state index in [2.05, 4.69) is 57.8 Å². The van der Waals surface area contributed by atoms with E-state index in [-0.39, 0.29) is 11.8 Å². The molecule has 8 heteroatoms. The number of hydrogen-bond acceptors (Lipinski definition) is 5. The fourth-order valence-electron chi connectivity index (χ4n) is 5.91. The Bertz CT molecular complexity index is 1600. The number of aryl methyl sites for hydroxylation is 3. The van der Waals surface area contributed by atoms with E-state index < -0.39 is 5.54 Å². The number of piperidine rings is 1. The van der Waals surface area contributed by atoms with Gasteiger partial charge in [-0.05, 0) is 48.1 Å². The lowest BCUT2D eigenvalue weighted by Gasteiger charge is -2.49. The highest BCUT2D eigenvalue weighted by atomic mass is 16.1. The second kappa shape index (κ2) is 9.45. The molecule has 2 aromatic carbocycles. The lowest BCUT2D eigenvalue weighted by molar-refractivity contribution is 0.0865. The van der Waals surface area contributed by atoms with Crippen LogP contribution in [0.3, 0.4) is 0 Å². The molecule has 6 rings (SSSR count). The second-order valence-corrected chi connectivity index (χ2v) is 10.2. The maximum Gasteiger partial charge on any atom is 0.252 e. The molecule has 1 amide bonds. The molecule has 2 atom stereocenters. The Morgan fingerprint density at radius 3 is 2.50 bits per heavy atom. The van der Waals surface area contributed by atoms with Gasteiger partial charge in [-0.15, -0.1) is 0 Å². The van der Waals surface area contributed by atoms with Crippen molar-refractivity contribution in [2.45, 2.75) is 24.8 Å². The van der Waals surface area contributed by atoms with Gasteiger partial charge < -0.3 is 10.2 Å². The predicted octanol–water partition coefficient (Wildman–Crippen LogP) is 4.33. The molecule has 0 saturated carbocycles. The number of fused-ring (bicyclic) bond motifs is 1. The van der Waals surface area contributed by atoms with Crippen LogP contribution in [0, 0.1) is 6.92 Å². The fourth-order valence-corrected chi connectivity index (χ4v) is 5.91. The van der Waals surface area contributed by atoms with Crippen molar-refractivity contribution in [3.05, 3.63) is 108 Å². The molecule has 0 unspecified atom stereocenters. The van der Waals surface area contributed by atoms with Crippen LogP contribution in [-0.4, -0.2) is 43.5 Å². The van der Waals surface area contributed by atoms with E-state index in [0.717, 1.165) is 40.7 Å². The molecule has 3 aromatic heterocycles. The molecule has 1 saturated heterocycles. The molecule has 0 aliphatic carbocycles. The van der Waals surface area contributed by atoms with Gasteiger partial charge in [-0.3, -0.25) is 14.2 Å². The minimum atomic E-state index is -0.769. The summed E-state index contributed by atoms with van der Waals surface area (Å²) in [6.07, 6.45) is 10.5. The second-order valence-electron chi connectivity index (χ2n) is 10.2. The molecule has 1 aliphatic heterocycles. The zero-order valence-electron chi connectivity index (χ0n) is 21.9. The summed E-state index contributed by atoms with van der Waals surface area (Å²) in [6.45, 7) is 3.46. The van der Waals surface area contributed by atoms with E-state index in [1.165, 1.54) is 5.56 Å². The minimum Gasteiger partial charge on any atom is -0.353 e. The van der Waals surface area contributed by atoms with Crippen LogP contribution >= 0.6 is 0 Å². The first-order chi connectivity index (χ1) is 18.4. The minimum absolute atomic E-state index is 0.0135. The van der Waals surface area contributed by atoms with Crippen LogP contribution in [0.15, 0.2) is 85.6 Å². The normalized spacial score (nSPS) is 19.6. The van der Waals surface area contributed by atoms with Crippen molar-refractivity contribution in [3.63, 3.8) is 0 Å². The van der Waals surface area contributed by atoms with Crippen LogP contribution in [0.4, 0.5) is 5.82 Å². The lowest BCUT2D eigenvalue weighted by Crippen LogP contribution is -2.60. The number of rotatable bonds is 5. The first-order valence-corrected chi connectivity index (χ1v) is 12.9. The summed E-state index contributed by atoms with van der Waals surface area (Å²) in [5.74, 6) is 0.806. The summed E-state index contributed by atoms with van der Waals surface area (Å²) >= 11 is 0. The van der Waals surface area contributed by atoms with Crippen molar-refractivity contribution < 1.29 is 4.79 Å². The smallest absolute Gasteiger partial charge is 0.252 e. The molecule has 38 heavy (non-hydrogen) atoms. The van der Waals surface area contributed by atoms with Gasteiger partial charge in [0.05, 0.1) is 17.9 Å². The van der Waals surface area contributed by atoms with Crippen molar-refractivity contribution in [3.8, 4) is 0 Å². The summed E-state index contributed by atoms with van der Waals surface area (Å²) in [5.41, 5.74) is 3.08. The average Bonchev–Trinajstić information content (AvgIpc) is 3.57. The Labute approximate surface area is 221 Å². The third-order valence-corrected chi connectivity index (χ3v) is 7.72. The number of carbonyl (C=O) groups is 1. The number of benzene rings is 2. The molecule has 8 nitrogen and oxygen atoms in total. The highest BCUT2D eigenvalue weighted by Gasteiger charge is 2.48. The Balaban J connectivity index is 1.52. The summed E-state index contributed by atoms with van der Waals surface area (Å²) < 4.78 is 3.62. The number of hydrogen-bond donors (Lipinski definition) is 1. The first-order valence-electron chi connectivity index (χ1n) is 12.9. The van der Waals surface area contributed by atoms with Crippen molar-refractivity contribution in [1.29, 1.82) is 0 Å². The molecule has 0 radical (unpaired) electrons. The Morgan fingerprint density at radius 1 is 0.974 bits per heavy atom. The molecule has 4 heterocycles. The van der Waals surface area contributed by atoms with Crippen molar-refractivity contribution >= 4 is 22.5 Å². The summed E-state index contributed by atoms with van der Waals surface area (Å²) in [4.78, 5) is 21.0. The van der Waals surface area contributed by atoms with Gasteiger partial charge in [-0.1, -0.05) is 36.4 Å². The molecule has 1 aliphatic rings. The summed E-state index contributed by atoms with van der Waals surface area (Å²) in [5, 5.41) is 14.8. The highest BCUT2D eigenvalue weighted by Crippen LogP contribution is 2.45. The molecule has 0 bridgehead atoms. The number of nitrogens with one attached hydrogen (secondary N) is 1. The van der Waals surface area contributed by atoms with Gasteiger partial charge in [0, 0.05) is 68.2 Å². The average molecular weight is 506 g/mol. The van der Waals surface area contributed by atoms with Crippen LogP contribution in [0.1, 0.15) is 39.4 Å². The van der Waals surface area contributed by atoms with Gasteiger partial charge in [-0.2, -0.15) is 10.2 Å². The standard InChI is InChI=1S/C30H31N7O/c1-21-8-7-11-22-12-14-31-28(27(21)22)37-15-13-26(24-16-32-35(2)18-24)30(20-37,25-17-33-36(3)19-25)34-29(38)23-9-5-4-6-10-23/h4-12,14,16-19,26H,13,15,20H2,1-3H3,(H,34,38)/t26-,30+/m1/s1. The largest absolute Gasteiger partial charge is 0.353 e. The third-order valence-electron chi connectivity index (χ3n) is 7.72. The maximum absolute atomic E-state index is 13.8. The molecular weight excluding hydrogens is 474 g/mol. The van der Waals surface area contributed by atoms with Gasteiger partial charge in [0.25, 0.3) is 5.91 Å². The topological polar surface area (TPSA) is 80.9 Å². The zero-order chi connectivity index (χ0) is 26.3. The molecule has 0 spiro atoms. The van der Waals surface area contributed by atoms with E-state index >= 15 is 0 Å².